The molecule has 174 valence electrons. The Labute approximate surface area is 197 Å². The first-order valence-corrected chi connectivity index (χ1v) is 11.5. The van der Waals surface area contributed by atoms with Gasteiger partial charge in [0.1, 0.15) is 11.8 Å². The Morgan fingerprint density at radius 2 is 1.81 bits per heavy atom. The maximum absolute atomic E-state index is 13.1. The largest absolute Gasteiger partial charge is 0.484 e. The lowest BCUT2D eigenvalue weighted by atomic mass is 9.87. The third kappa shape index (κ3) is 7.86. The van der Waals surface area contributed by atoms with Gasteiger partial charge in [0.2, 0.25) is 5.91 Å². The number of carbonyl (C=O) groups excluding carboxylic acids is 2. The molecule has 1 atom stereocenters. The topological polar surface area (TPSA) is 58.6 Å². The van der Waals surface area contributed by atoms with Gasteiger partial charge < -0.3 is 15.0 Å². The zero-order valence-electron chi connectivity index (χ0n) is 19.8. The first-order valence-electron chi connectivity index (χ1n) is 11.2. The number of nitrogens with zero attached hydrogens (tertiary/aromatic N) is 1. The van der Waals surface area contributed by atoms with Gasteiger partial charge in [0.05, 0.1) is 0 Å². The van der Waals surface area contributed by atoms with Crippen molar-refractivity contribution < 1.29 is 14.3 Å². The summed E-state index contributed by atoms with van der Waals surface area (Å²) in [7, 11) is 0. The molecular weight excluding hydrogens is 424 g/mol. The van der Waals surface area contributed by atoms with E-state index in [1.54, 1.807) is 19.1 Å². The second kappa shape index (κ2) is 11.9. The van der Waals surface area contributed by atoms with Crippen molar-refractivity contribution in [3.05, 3.63) is 64.7 Å². The Hall–Kier alpha value is -2.53. The van der Waals surface area contributed by atoms with Crippen molar-refractivity contribution in [2.45, 2.75) is 65.5 Å². The van der Waals surface area contributed by atoms with Gasteiger partial charge >= 0.3 is 0 Å². The van der Waals surface area contributed by atoms with E-state index in [9.17, 15) is 9.59 Å². The van der Waals surface area contributed by atoms with E-state index < -0.39 is 6.04 Å². The smallest absolute Gasteiger partial charge is 0.261 e. The predicted molar refractivity (Wildman–Crippen MR) is 130 cm³/mol. The number of halogens is 1. The molecule has 1 unspecified atom stereocenters. The molecule has 0 radical (unpaired) electrons. The summed E-state index contributed by atoms with van der Waals surface area (Å²) in [6.45, 7) is 11.0. The van der Waals surface area contributed by atoms with E-state index in [4.69, 9.17) is 16.3 Å². The van der Waals surface area contributed by atoms with Crippen LogP contribution in [-0.2, 0) is 21.5 Å². The van der Waals surface area contributed by atoms with Crippen LogP contribution in [0.2, 0.25) is 5.02 Å². The highest BCUT2D eigenvalue weighted by Gasteiger charge is 2.26. The Bertz CT molecular complexity index is 891. The van der Waals surface area contributed by atoms with Crippen LogP contribution in [0.5, 0.6) is 5.75 Å². The van der Waals surface area contributed by atoms with Gasteiger partial charge in [-0.15, -0.1) is 0 Å². The molecule has 0 spiro atoms. The molecule has 1 N–H and O–H groups in total. The number of benzene rings is 2. The van der Waals surface area contributed by atoms with Crippen LogP contribution < -0.4 is 10.1 Å². The summed E-state index contributed by atoms with van der Waals surface area (Å²) in [6, 6.07) is 14.4. The monoisotopic (exact) mass is 458 g/mol. The van der Waals surface area contributed by atoms with E-state index in [0.717, 1.165) is 18.4 Å². The summed E-state index contributed by atoms with van der Waals surface area (Å²) in [5.74, 6) is 0.181. The maximum atomic E-state index is 13.1. The molecular formula is C26H35ClN2O3. The molecule has 0 heterocycles. The minimum Gasteiger partial charge on any atom is -0.484 e. The van der Waals surface area contributed by atoms with Crippen molar-refractivity contribution in [1.82, 2.24) is 10.2 Å². The molecule has 5 nitrogen and oxygen atoms in total. The Balaban J connectivity index is 2.11. The second-order valence-corrected chi connectivity index (χ2v) is 9.47. The summed E-state index contributed by atoms with van der Waals surface area (Å²) in [5, 5.41) is 3.50. The van der Waals surface area contributed by atoms with E-state index in [0.29, 0.717) is 17.3 Å². The highest BCUT2D eigenvalue weighted by Crippen LogP contribution is 2.24. The average molecular weight is 459 g/mol. The van der Waals surface area contributed by atoms with Gasteiger partial charge in [0.25, 0.3) is 5.91 Å². The highest BCUT2D eigenvalue weighted by atomic mass is 35.5. The molecule has 2 rings (SSSR count). The zero-order chi connectivity index (χ0) is 23.7. The molecule has 0 saturated carbocycles. The van der Waals surface area contributed by atoms with Gasteiger partial charge in [-0.2, -0.15) is 0 Å². The molecule has 0 aliphatic heterocycles. The van der Waals surface area contributed by atoms with Crippen molar-refractivity contribution in [2.75, 3.05) is 13.2 Å². The lowest BCUT2D eigenvalue weighted by molar-refractivity contribution is -0.142. The molecule has 32 heavy (non-hydrogen) atoms. The number of hydrogen-bond acceptors (Lipinski definition) is 3. The maximum Gasteiger partial charge on any atom is 0.261 e. The van der Waals surface area contributed by atoms with Crippen molar-refractivity contribution in [2.24, 2.45) is 0 Å². The van der Waals surface area contributed by atoms with Crippen LogP contribution in [-0.4, -0.2) is 35.9 Å². The zero-order valence-corrected chi connectivity index (χ0v) is 20.5. The number of ether oxygens (including phenoxy) is 1. The van der Waals surface area contributed by atoms with Crippen LogP contribution in [0.3, 0.4) is 0 Å². The fourth-order valence-corrected chi connectivity index (χ4v) is 3.44. The van der Waals surface area contributed by atoms with Crippen LogP contribution in [0.25, 0.3) is 0 Å². The standard InChI is InChI=1S/C26H35ClN2O3/c1-6-7-15-28-25(31)19(2)29(17-20-9-8-10-22(27)16-20)24(30)18-32-23-13-11-21(12-14-23)26(3,4)5/h8-14,16,19H,6-7,15,17-18H2,1-5H3,(H,28,31). The summed E-state index contributed by atoms with van der Waals surface area (Å²) >= 11 is 6.11. The molecule has 0 aliphatic rings. The minimum atomic E-state index is -0.634. The highest BCUT2D eigenvalue weighted by molar-refractivity contribution is 6.30. The first-order chi connectivity index (χ1) is 15.1. The van der Waals surface area contributed by atoms with Crippen LogP contribution in [0.1, 0.15) is 58.6 Å². The number of rotatable bonds is 10. The Kier molecular flexibility index (Phi) is 9.58. The number of nitrogens with one attached hydrogen (secondary N) is 1. The van der Waals surface area contributed by atoms with Crippen molar-refractivity contribution in [3.63, 3.8) is 0 Å². The molecule has 0 fully saturated rings. The third-order valence-corrected chi connectivity index (χ3v) is 5.56. The van der Waals surface area contributed by atoms with Crippen molar-refractivity contribution in [1.29, 1.82) is 0 Å². The average Bonchev–Trinajstić information content (AvgIpc) is 2.75. The van der Waals surface area contributed by atoms with E-state index in [-0.39, 0.29) is 30.4 Å². The molecule has 0 saturated heterocycles. The summed E-state index contributed by atoms with van der Waals surface area (Å²) < 4.78 is 5.76. The first kappa shape index (κ1) is 25.7. The molecule has 0 aromatic heterocycles. The number of amides is 2. The van der Waals surface area contributed by atoms with Crippen LogP contribution in [0, 0.1) is 0 Å². The molecule has 2 amide bonds. The van der Waals surface area contributed by atoms with Crippen LogP contribution >= 0.6 is 11.6 Å². The summed E-state index contributed by atoms with van der Waals surface area (Å²) in [6.07, 6.45) is 1.88. The molecule has 6 heteroatoms. The molecule has 0 aliphatic carbocycles. The van der Waals surface area contributed by atoms with E-state index in [2.05, 4.69) is 33.0 Å². The lowest BCUT2D eigenvalue weighted by Gasteiger charge is -2.29. The van der Waals surface area contributed by atoms with Gasteiger partial charge in [0.15, 0.2) is 6.61 Å². The normalized spacial score (nSPS) is 12.2. The van der Waals surface area contributed by atoms with Crippen molar-refractivity contribution >= 4 is 23.4 Å². The second-order valence-electron chi connectivity index (χ2n) is 9.04. The van der Waals surface area contributed by atoms with E-state index >= 15 is 0 Å². The van der Waals surface area contributed by atoms with E-state index in [1.807, 2.05) is 36.4 Å². The summed E-state index contributed by atoms with van der Waals surface area (Å²) in [5.41, 5.74) is 2.09. The number of hydrogen-bond donors (Lipinski definition) is 1. The number of unbranched alkanes of at least 4 members (excludes halogenated alkanes) is 1. The SMILES string of the molecule is CCCCNC(=O)C(C)N(Cc1cccc(Cl)c1)C(=O)COc1ccc(C(C)(C)C)cc1. The van der Waals surface area contributed by atoms with Gasteiger partial charge in [-0.1, -0.05) is 70.0 Å². The van der Waals surface area contributed by atoms with Gasteiger partial charge in [-0.3, -0.25) is 9.59 Å². The fraction of sp³-hybridized carbons (Fsp3) is 0.462. The Morgan fingerprint density at radius 3 is 2.41 bits per heavy atom. The van der Waals surface area contributed by atoms with Gasteiger partial charge in [-0.25, -0.2) is 0 Å². The third-order valence-electron chi connectivity index (χ3n) is 5.32. The predicted octanol–water partition coefficient (Wildman–Crippen LogP) is 5.35. The molecule has 0 bridgehead atoms. The van der Waals surface area contributed by atoms with Crippen LogP contribution in [0.4, 0.5) is 0 Å². The van der Waals surface area contributed by atoms with Gasteiger partial charge in [0, 0.05) is 18.1 Å². The molecule has 2 aromatic rings. The quantitative estimate of drug-likeness (QED) is 0.488. The number of carbonyl (C=O) groups is 2. The minimum absolute atomic E-state index is 0.0443. The fourth-order valence-electron chi connectivity index (χ4n) is 3.23. The lowest BCUT2D eigenvalue weighted by Crippen LogP contribution is -2.49. The molecule has 2 aromatic carbocycles. The van der Waals surface area contributed by atoms with Crippen molar-refractivity contribution in [3.8, 4) is 5.75 Å². The van der Waals surface area contributed by atoms with E-state index in [1.165, 1.54) is 10.5 Å². The van der Waals surface area contributed by atoms with Crippen LogP contribution in [0.15, 0.2) is 48.5 Å². The Morgan fingerprint density at radius 1 is 1.12 bits per heavy atom. The van der Waals surface area contributed by atoms with Gasteiger partial charge in [-0.05, 0) is 54.2 Å². The summed E-state index contributed by atoms with van der Waals surface area (Å²) in [4.78, 5) is 27.3.